The molecule has 0 unspecified atom stereocenters. The standard InChI is InChI=1S/C29H28FN5O5/c30-19-8-6-18(7-9-19)26-25(23-10-14-31-28(33-23)32-20-4-2-1-3-5-20)34-27(29(40)12-13-29)35(26)15-11-21(36)16-22(37)17-24(38)39/h1-11,14-15,21-22,36-37,40H,12-13,16-17H2,(H,38,39)(H,31,32,33)/b15-11+/t21-,22-/m1/s1. The van der Waals surface area contributed by atoms with Gasteiger partial charge < -0.3 is 30.3 Å². The molecule has 11 heteroatoms. The van der Waals surface area contributed by atoms with Crippen molar-refractivity contribution in [2.24, 2.45) is 0 Å². The van der Waals surface area contributed by atoms with Crippen molar-refractivity contribution in [3.05, 3.63) is 84.6 Å². The number of hydrogen-bond donors (Lipinski definition) is 5. The van der Waals surface area contributed by atoms with Crippen LogP contribution in [0.5, 0.6) is 0 Å². The molecule has 2 aromatic carbocycles. The fourth-order valence-electron chi connectivity index (χ4n) is 4.34. The average molecular weight is 546 g/mol. The van der Waals surface area contributed by atoms with Crippen LogP contribution in [-0.2, 0) is 10.4 Å². The number of rotatable bonds is 11. The highest BCUT2D eigenvalue weighted by atomic mass is 19.1. The number of nitrogens with zero attached hydrogens (tertiary/aromatic N) is 4. The number of carboxylic acid groups (broad SMARTS) is 1. The van der Waals surface area contributed by atoms with Crippen molar-refractivity contribution in [3.63, 3.8) is 0 Å². The molecule has 1 fully saturated rings. The van der Waals surface area contributed by atoms with Crippen LogP contribution >= 0.6 is 0 Å². The zero-order valence-corrected chi connectivity index (χ0v) is 21.4. The van der Waals surface area contributed by atoms with Crippen molar-refractivity contribution in [2.75, 3.05) is 5.32 Å². The average Bonchev–Trinajstić information content (AvgIpc) is 3.55. The Morgan fingerprint density at radius 1 is 1.07 bits per heavy atom. The highest BCUT2D eigenvalue weighted by Crippen LogP contribution is 2.47. The Hall–Kier alpha value is -4.45. The topological polar surface area (TPSA) is 154 Å². The first kappa shape index (κ1) is 27.1. The number of anilines is 2. The van der Waals surface area contributed by atoms with Crippen molar-refractivity contribution in [1.29, 1.82) is 0 Å². The van der Waals surface area contributed by atoms with Crippen LogP contribution in [-0.4, -0.2) is 58.1 Å². The van der Waals surface area contributed by atoms with Crippen LogP contribution in [0.3, 0.4) is 0 Å². The second-order valence-electron chi connectivity index (χ2n) is 9.69. The lowest BCUT2D eigenvalue weighted by Crippen LogP contribution is -2.19. The number of hydrogen-bond acceptors (Lipinski definition) is 8. The van der Waals surface area contributed by atoms with E-state index in [1.165, 1.54) is 24.4 Å². The number of carbonyl (C=O) groups is 1. The summed E-state index contributed by atoms with van der Waals surface area (Å²) in [4.78, 5) is 24.6. The summed E-state index contributed by atoms with van der Waals surface area (Å²) >= 11 is 0. The lowest BCUT2D eigenvalue weighted by atomic mass is 10.1. The van der Waals surface area contributed by atoms with E-state index < -0.39 is 36.0 Å². The summed E-state index contributed by atoms with van der Waals surface area (Å²) in [5.74, 6) is -0.959. The van der Waals surface area contributed by atoms with Crippen molar-refractivity contribution < 1.29 is 29.6 Å². The zero-order chi connectivity index (χ0) is 28.3. The Labute approximate surface area is 229 Å². The van der Waals surface area contributed by atoms with Gasteiger partial charge in [-0.15, -0.1) is 0 Å². The molecule has 0 radical (unpaired) electrons. The van der Waals surface area contributed by atoms with Gasteiger partial charge in [0.2, 0.25) is 5.95 Å². The molecule has 1 saturated carbocycles. The van der Waals surface area contributed by atoms with Crippen LogP contribution in [0, 0.1) is 5.82 Å². The van der Waals surface area contributed by atoms with Gasteiger partial charge in [0.05, 0.1) is 30.0 Å². The molecule has 2 aromatic heterocycles. The van der Waals surface area contributed by atoms with Gasteiger partial charge >= 0.3 is 5.97 Å². The van der Waals surface area contributed by atoms with Crippen molar-refractivity contribution in [2.45, 2.75) is 43.5 Å². The summed E-state index contributed by atoms with van der Waals surface area (Å²) in [6.07, 6.45) is 2.32. The molecule has 0 amide bonds. The number of aliphatic hydroxyl groups excluding tert-OH is 2. The van der Waals surface area contributed by atoms with Gasteiger partial charge in [0, 0.05) is 30.1 Å². The van der Waals surface area contributed by atoms with E-state index in [-0.39, 0.29) is 6.42 Å². The number of aromatic nitrogens is 4. The lowest BCUT2D eigenvalue weighted by Gasteiger charge is -2.14. The minimum absolute atomic E-state index is 0.198. The summed E-state index contributed by atoms with van der Waals surface area (Å²) in [7, 11) is 0. The Kier molecular flexibility index (Phi) is 7.69. The van der Waals surface area contributed by atoms with Crippen molar-refractivity contribution >= 4 is 23.8 Å². The van der Waals surface area contributed by atoms with Crippen LogP contribution in [0.4, 0.5) is 16.0 Å². The summed E-state index contributed by atoms with van der Waals surface area (Å²) in [6.45, 7) is 0. The third kappa shape index (κ3) is 6.23. The molecular formula is C29H28FN5O5. The molecule has 0 spiro atoms. The first-order valence-electron chi connectivity index (χ1n) is 12.7. The zero-order valence-electron chi connectivity index (χ0n) is 21.4. The van der Waals surface area contributed by atoms with Gasteiger partial charge in [-0.25, -0.2) is 19.3 Å². The van der Waals surface area contributed by atoms with E-state index in [4.69, 9.17) is 10.1 Å². The molecule has 0 aliphatic heterocycles. The Bertz CT molecular complexity index is 1520. The maximum absolute atomic E-state index is 13.9. The summed E-state index contributed by atoms with van der Waals surface area (Å²) in [6, 6.07) is 16.9. The predicted molar refractivity (Wildman–Crippen MR) is 146 cm³/mol. The molecule has 0 bridgehead atoms. The number of para-hydroxylation sites is 1. The molecule has 1 aliphatic carbocycles. The molecule has 10 nitrogen and oxygen atoms in total. The van der Waals surface area contributed by atoms with E-state index in [1.807, 2.05) is 30.3 Å². The number of halogens is 1. The molecule has 206 valence electrons. The molecule has 0 saturated heterocycles. The summed E-state index contributed by atoms with van der Waals surface area (Å²) in [5, 5.41) is 43.6. The van der Waals surface area contributed by atoms with Gasteiger partial charge in [0.15, 0.2) is 0 Å². The Morgan fingerprint density at radius 2 is 1.80 bits per heavy atom. The first-order chi connectivity index (χ1) is 19.2. The number of imidazole rings is 1. The van der Waals surface area contributed by atoms with Gasteiger partial charge in [0.25, 0.3) is 0 Å². The van der Waals surface area contributed by atoms with E-state index >= 15 is 0 Å². The van der Waals surface area contributed by atoms with E-state index in [0.29, 0.717) is 47.3 Å². The first-order valence-corrected chi connectivity index (χ1v) is 12.7. The minimum atomic E-state index is -1.24. The van der Waals surface area contributed by atoms with Gasteiger partial charge in [0.1, 0.15) is 22.9 Å². The quantitative estimate of drug-likeness (QED) is 0.189. The number of aliphatic hydroxyl groups is 3. The van der Waals surface area contributed by atoms with Gasteiger partial charge in [-0.05, 0) is 61.4 Å². The van der Waals surface area contributed by atoms with Crippen LogP contribution in [0.1, 0.15) is 31.5 Å². The molecule has 5 N–H and O–H groups in total. The second kappa shape index (κ2) is 11.3. The van der Waals surface area contributed by atoms with Gasteiger partial charge in [-0.3, -0.25) is 4.79 Å². The van der Waals surface area contributed by atoms with Gasteiger partial charge in [-0.1, -0.05) is 18.2 Å². The molecular weight excluding hydrogens is 517 g/mol. The monoisotopic (exact) mass is 545 g/mol. The molecule has 4 aromatic rings. The Morgan fingerprint density at radius 3 is 2.48 bits per heavy atom. The minimum Gasteiger partial charge on any atom is -0.481 e. The smallest absolute Gasteiger partial charge is 0.305 e. The maximum atomic E-state index is 13.9. The summed E-state index contributed by atoms with van der Waals surface area (Å²) < 4.78 is 15.5. The largest absolute Gasteiger partial charge is 0.481 e. The van der Waals surface area contributed by atoms with E-state index in [2.05, 4.69) is 15.3 Å². The van der Waals surface area contributed by atoms with Crippen molar-refractivity contribution in [3.8, 4) is 22.6 Å². The van der Waals surface area contributed by atoms with Crippen LogP contribution in [0.25, 0.3) is 28.8 Å². The number of carboxylic acids is 1. The van der Waals surface area contributed by atoms with Crippen LogP contribution < -0.4 is 5.32 Å². The Balaban J connectivity index is 1.59. The number of benzene rings is 2. The number of nitrogens with one attached hydrogen (secondary N) is 1. The third-order valence-corrected chi connectivity index (χ3v) is 6.48. The highest BCUT2D eigenvalue weighted by Gasteiger charge is 2.47. The lowest BCUT2D eigenvalue weighted by molar-refractivity contribution is -0.139. The van der Waals surface area contributed by atoms with E-state index in [9.17, 15) is 24.5 Å². The van der Waals surface area contributed by atoms with Crippen LogP contribution in [0.2, 0.25) is 0 Å². The molecule has 2 heterocycles. The van der Waals surface area contributed by atoms with Crippen molar-refractivity contribution in [1.82, 2.24) is 19.5 Å². The maximum Gasteiger partial charge on any atom is 0.305 e. The predicted octanol–water partition coefficient (Wildman–Crippen LogP) is 3.93. The molecule has 5 rings (SSSR count). The highest BCUT2D eigenvalue weighted by molar-refractivity contribution is 5.80. The van der Waals surface area contributed by atoms with E-state index in [0.717, 1.165) is 5.69 Å². The normalized spacial score (nSPS) is 15.6. The molecule has 40 heavy (non-hydrogen) atoms. The van der Waals surface area contributed by atoms with Gasteiger partial charge in [-0.2, -0.15) is 0 Å². The molecule has 2 atom stereocenters. The summed E-state index contributed by atoms with van der Waals surface area (Å²) in [5.41, 5.74) is 1.52. The molecule has 1 aliphatic rings. The second-order valence-corrected chi connectivity index (χ2v) is 9.69. The van der Waals surface area contributed by atoms with E-state index in [1.54, 1.807) is 29.0 Å². The fourth-order valence-corrected chi connectivity index (χ4v) is 4.34. The van der Waals surface area contributed by atoms with Crippen LogP contribution in [0.15, 0.2) is 72.9 Å². The number of aliphatic carboxylic acids is 1. The fraction of sp³-hybridized carbons (Fsp3) is 0.241. The SMILES string of the molecule is O=C(O)C[C@H](O)C[C@H](O)/C=C/n1c(C2(O)CC2)nc(-c2ccnc(Nc3ccccc3)n2)c1-c1ccc(F)cc1. The third-order valence-electron chi connectivity index (χ3n) is 6.48.